The summed E-state index contributed by atoms with van der Waals surface area (Å²) in [5.74, 6) is 2.67. The lowest BCUT2D eigenvalue weighted by Gasteiger charge is -2.10. The van der Waals surface area contributed by atoms with Gasteiger partial charge in [0.1, 0.15) is 27.2 Å². The normalized spacial score (nSPS) is 13.5. The molecule has 1 aliphatic rings. The second-order valence-electron chi connectivity index (χ2n) is 7.96. The number of nitrogens with zero attached hydrogens (tertiary/aromatic N) is 5. The molecule has 8 nitrogen and oxygen atoms in total. The second-order valence-corrected chi connectivity index (χ2v) is 9.90. The van der Waals surface area contributed by atoms with Crippen LogP contribution in [0.25, 0.3) is 10.2 Å². The van der Waals surface area contributed by atoms with E-state index in [1.54, 1.807) is 18.7 Å². The first-order valence-electron chi connectivity index (χ1n) is 10.9. The van der Waals surface area contributed by atoms with E-state index in [4.69, 9.17) is 10.5 Å². The van der Waals surface area contributed by atoms with Crippen molar-refractivity contribution in [2.45, 2.75) is 50.1 Å². The first-order chi connectivity index (χ1) is 16.0. The molecule has 5 rings (SSSR count). The average Bonchev–Trinajstić information content (AvgIpc) is 3.49. The van der Waals surface area contributed by atoms with Gasteiger partial charge < -0.3 is 15.0 Å². The second kappa shape index (κ2) is 9.11. The summed E-state index contributed by atoms with van der Waals surface area (Å²) in [6, 6.07) is 10.3. The van der Waals surface area contributed by atoms with E-state index in [1.807, 2.05) is 25.1 Å². The summed E-state index contributed by atoms with van der Waals surface area (Å²) in [6.45, 7) is 4.69. The van der Waals surface area contributed by atoms with E-state index >= 15 is 0 Å². The molecule has 0 spiro atoms. The predicted octanol–water partition coefficient (Wildman–Crippen LogP) is 4.57. The van der Waals surface area contributed by atoms with Gasteiger partial charge in [-0.05, 0) is 37.8 Å². The maximum atomic E-state index is 12.3. The average molecular weight is 481 g/mol. The number of anilines is 1. The molecular weight excluding hydrogens is 456 g/mol. The van der Waals surface area contributed by atoms with Crippen LogP contribution in [0.3, 0.4) is 0 Å². The molecule has 1 saturated carbocycles. The van der Waals surface area contributed by atoms with Crippen molar-refractivity contribution in [2.24, 2.45) is 0 Å². The molecule has 170 valence electrons. The van der Waals surface area contributed by atoms with Crippen molar-refractivity contribution in [1.29, 1.82) is 0 Å². The smallest absolute Gasteiger partial charge is 0.348 e. The molecule has 3 heterocycles. The van der Waals surface area contributed by atoms with E-state index < -0.39 is 0 Å². The van der Waals surface area contributed by atoms with Gasteiger partial charge in [-0.3, -0.25) is 0 Å². The minimum Gasteiger partial charge on any atom is -0.462 e. The first kappa shape index (κ1) is 21.8. The monoisotopic (exact) mass is 480 g/mol. The van der Waals surface area contributed by atoms with Crippen molar-refractivity contribution in [3.63, 3.8) is 0 Å². The number of aryl methyl sites for hydroxylation is 1. The highest BCUT2D eigenvalue weighted by Crippen LogP contribution is 2.40. The highest BCUT2D eigenvalue weighted by Gasteiger charge is 2.30. The Morgan fingerprint density at radius 1 is 1.24 bits per heavy atom. The van der Waals surface area contributed by atoms with Crippen molar-refractivity contribution in [3.05, 3.63) is 58.0 Å². The Morgan fingerprint density at radius 3 is 2.76 bits per heavy atom. The zero-order valence-electron chi connectivity index (χ0n) is 18.4. The van der Waals surface area contributed by atoms with Gasteiger partial charge in [0.15, 0.2) is 5.16 Å². The molecule has 10 heteroatoms. The lowest BCUT2D eigenvalue weighted by molar-refractivity contribution is 0.0531. The summed E-state index contributed by atoms with van der Waals surface area (Å²) in [7, 11) is 0. The van der Waals surface area contributed by atoms with E-state index in [1.165, 1.54) is 16.9 Å². The van der Waals surface area contributed by atoms with Gasteiger partial charge in [0.25, 0.3) is 0 Å². The van der Waals surface area contributed by atoms with Crippen LogP contribution in [-0.4, -0.2) is 37.3 Å². The molecule has 33 heavy (non-hydrogen) atoms. The predicted molar refractivity (Wildman–Crippen MR) is 130 cm³/mol. The molecule has 0 bridgehead atoms. The van der Waals surface area contributed by atoms with Crippen molar-refractivity contribution in [3.8, 4) is 0 Å². The Hall–Kier alpha value is -2.98. The number of rotatable bonds is 8. The molecular formula is C23H24N6O2S2. The number of carbonyl (C=O) groups excluding carboxylic acids is 1. The highest BCUT2D eigenvalue weighted by molar-refractivity contribution is 7.98. The van der Waals surface area contributed by atoms with E-state index in [2.05, 4.69) is 36.9 Å². The van der Waals surface area contributed by atoms with Gasteiger partial charge in [-0.25, -0.2) is 14.8 Å². The molecule has 0 radical (unpaired) electrons. The van der Waals surface area contributed by atoms with E-state index in [9.17, 15) is 4.79 Å². The minimum atomic E-state index is -0.352. The third kappa shape index (κ3) is 4.45. The van der Waals surface area contributed by atoms with Crippen LogP contribution in [0.15, 0.2) is 35.5 Å². The Labute approximate surface area is 199 Å². The Balaban J connectivity index is 1.40. The van der Waals surface area contributed by atoms with Crippen LogP contribution < -0.4 is 5.73 Å². The van der Waals surface area contributed by atoms with Crippen LogP contribution in [-0.2, 0) is 17.0 Å². The highest BCUT2D eigenvalue weighted by atomic mass is 32.2. The van der Waals surface area contributed by atoms with Gasteiger partial charge in [0, 0.05) is 5.92 Å². The molecule has 1 fully saturated rings. The van der Waals surface area contributed by atoms with Crippen molar-refractivity contribution < 1.29 is 9.53 Å². The largest absolute Gasteiger partial charge is 0.462 e. The number of nitrogen functional groups attached to an aromatic ring is 1. The maximum Gasteiger partial charge on any atom is 0.348 e. The number of thioether (sulfide) groups is 1. The van der Waals surface area contributed by atoms with Crippen LogP contribution >= 0.6 is 23.1 Å². The summed E-state index contributed by atoms with van der Waals surface area (Å²) in [4.78, 5) is 22.7. The fourth-order valence-corrected chi connectivity index (χ4v) is 5.67. The summed E-state index contributed by atoms with van der Waals surface area (Å²) in [5, 5.41) is 10.5. The van der Waals surface area contributed by atoms with Gasteiger partial charge >= 0.3 is 5.97 Å². The summed E-state index contributed by atoms with van der Waals surface area (Å²) >= 11 is 2.84. The Kier molecular flexibility index (Phi) is 6.03. The van der Waals surface area contributed by atoms with Gasteiger partial charge in [-0.1, -0.05) is 42.1 Å². The summed E-state index contributed by atoms with van der Waals surface area (Å²) in [6.07, 6.45) is 2.32. The fraction of sp³-hybridized carbons (Fsp3) is 0.348. The fourth-order valence-electron chi connectivity index (χ4n) is 3.77. The van der Waals surface area contributed by atoms with Crippen molar-refractivity contribution in [2.75, 3.05) is 12.3 Å². The number of hydrogen-bond donors (Lipinski definition) is 1. The first-order valence-corrected chi connectivity index (χ1v) is 12.7. The van der Waals surface area contributed by atoms with Gasteiger partial charge in [0.05, 0.1) is 24.3 Å². The summed E-state index contributed by atoms with van der Waals surface area (Å²) < 4.78 is 7.36. The molecule has 1 aliphatic carbocycles. The van der Waals surface area contributed by atoms with Crippen LogP contribution in [0.2, 0.25) is 0 Å². The lowest BCUT2D eigenvalue weighted by atomic mass is 10.2. The number of thiophene rings is 1. The van der Waals surface area contributed by atoms with Crippen LogP contribution in [0.5, 0.6) is 0 Å². The quantitative estimate of drug-likeness (QED) is 0.289. The van der Waals surface area contributed by atoms with Crippen LogP contribution in [0.4, 0.5) is 5.82 Å². The Morgan fingerprint density at radius 2 is 2.03 bits per heavy atom. The zero-order valence-corrected chi connectivity index (χ0v) is 20.1. The SMILES string of the molecule is CCOC(=O)c1sc2nc(CSc3nnc(C4CC4)n3Cc3ccccc3)nc(N)c2c1C. The standard InChI is InChI=1S/C23H24N6O2S2/c1-3-31-22(30)18-13(2)17-19(24)25-16(26-21(17)33-18)12-32-23-28-27-20(15-9-10-15)29(23)11-14-7-5-4-6-8-14/h4-8,15H,3,9-12H2,1-2H3,(H2,24,25,26). The molecule has 0 aliphatic heterocycles. The van der Waals surface area contributed by atoms with E-state index in [-0.39, 0.29) is 5.97 Å². The van der Waals surface area contributed by atoms with Gasteiger partial charge in [-0.15, -0.1) is 21.5 Å². The van der Waals surface area contributed by atoms with Crippen molar-refractivity contribution >= 4 is 45.1 Å². The van der Waals surface area contributed by atoms with Crippen LogP contribution in [0.1, 0.15) is 58.1 Å². The van der Waals surface area contributed by atoms with Crippen molar-refractivity contribution in [1.82, 2.24) is 24.7 Å². The third-order valence-corrected chi connectivity index (χ3v) is 7.66. The molecule has 0 atom stereocenters. The number of ether oxygens (including phenoxy) is 1. The number of benzene rings is 1. The molecule has 0 unspecified atom stereocenters. The summed E-state index contributed by atoms with van der Waals surface area (Å²) in [5.41, 5.74) is 8.24. The zero-order chi connectivity index (χ0) is 22.9. The van der Waals surface area contributed by atoms with Crippen LogP contribution in [0, 0.1) is 6.92 Å². The number of aromatic nitrogens is 5. The maximum absolute atomic E-state index is 12.3. The molecule has 1 aromatic carbocycles. The topological polar surface area (TPSA) is 109 Å². The number of nitrogens with two attached hydrogens (primary N) is 1. The number of carbonyl (C=O) groups is 1. The van der Waals surface area contributed by atoms with Gasteiger partial charge in [0.2, 0.25) is 0 Å². The molecule has 3 aromatic heterocycles. The number of fused-ring (bicyclic) bond motifs is 1. The third-order valence-electron chi connectivity index (χ3n) is 5.53. The number of esters is 1. The lowest BCUT2D eigenvalue weighted by Crippen LogP contribution is -2.06. The van der Waals surface area contributed by atoms with E-state index in [0.29, 0.717) is 39.6 Å². The molecule has 4 aromatic rings. The molecule has 0 saturated heterocycles. The van der Waals surface area contributed by atoms with E-state index in [0.717, 1.165) is 41.3 Å². The molecule has 2 N–H and O–H groups in total. The molecule has 0 amide bonds. The van der Waals surface area contributed by atoms with Gasteiger partial charge in [-0.2, -0.15) is 0 Å². The number of hydrogen-bond acceptors (Lipinski definition) is 9. The minimum absolute atomic E-state index is 0.322. The Bertz CT molecular complexity index is 1310.